The van der Waals surface area contributed by atoms with Gasteiger partial charge in [0.15, 0.2) is 4.47 Å². The quantitative estimate of drug-likeness (QED) is 0.699. The highest BCUT2D eigenvalue weighted by molar-refractivity contribution is 14.1. The second-order valence-electron chi connectivity index (χ2n) is 1.94. The lowest BCUT2D eigenvalue weighted by Crippen LogP contribution is -1.75. The molecule has 0 atom stereocenters. The molecular formula is C6H2ClIN2S. The first-order valence-corrected chi connectivity index (χ1v) is 5.10. The third-order valence-electron chi connectivity index (χ3n) is 1.19. The molecule has 2 rings (SSSR count). The van der Waals surface area contributed by atoms with Crippen molar-refractivity contribution in [3.05, 3.63) is 20.3 Å². The lowest BCUT2D eigenvalue weighted by molar-refractivity contribution is 1.38. The number of halogens is 2. The highest BCUT2D eigenvalue weighted by Crippen LogP contribution is 2.24. The fourth-order valence-electron chi connectivity index (χ4n) is 0.772. The van der Waals surface area contributed by atoms with E-state index in [1.54, 1.807) is 6.20 Å². The van der Waals surface area contributed by atoms with E-state index in [9.17, 15) is 0 Å². The Morgan fingerprint density at radius 1 is 1.55 bits per heavy atom. The second-order valence-corrected chi connectivity index (χ2v) is 4.75. The van der Waals surface area contributed by atoms with Crippen molar-refractivity contribution in [2.24, 2.45) is 0 Å². The highest BCUT2D eigenvalue weighted by atomic mass is 127. The number of fused-ring (bicyclic) bond motifs is 1. The minimum absolute atomic E-state index is 0.550. The number of hydrogen-bond acceptors (Lipinski definition) is 3. The second kappa shape index (κ2) is 2.84. The van der Waals surface area contributed by atoms with Crippen LogP contribution in [0.1, 0.15) is 0 Å². The number of aromatic nitrogens is 2. The van der Waals surface area contributed by atoms with Crippen molar-refractivity contribution in [2.45, 2.75) is 0 Å². The summed E-state index contributed by atoms with van der Waals surface area (Å²) in [6.07, 6.45) is 1.80. The van der Waals surface area contributed by atoms with Gasteiger partial charge in [0.25, 0.3) is 0 Å². The van der Waals surface area contributed by atoms with Crippen LogP contribution in [0.3, 0.4) is 0 Å². The molecule has 0 bridgehead atoms. The monoisotopic (exact) mass is 296 g/mol. The van der Waals surface area contributed by atoms with Crippen molar-refractivity contribution in [2.75, 3.05) is 0 Å². The van der Waals surface area contributed by atoms with Gasteiger partial charge in [-0.25, -0.2) is 9.97 Å². The minimum Gasteiger partial charge on any atom is -0.242 e. The summed E-state index contributed by atoms with van der Waals surface area (Å²) in [5, 5.41) is 0. The van der Waals surface area contributed by atoms with Crippen LogP contribution < -0.4 is 0 Å². The number of thiazole rings is 1. The topological polar surface area (TPSA) is 25.8 Å². The summed E-state index contributed by atoms with van der Waals surface area (Å²) in [7, 11) is 0. The van der Waals surface area contributed by atoms with E-state index in [2.05, 4.69) is 32.6 Å². The Labute approximate surface area is 85.8 Å². The molecule has 0 fully saturated rings. The summed E-state index contributed by atoms with van der Waals surface area (Å²) in [4.78, 5) is 9.15. The van der Waals surface area contributed by atoms with Crippen LogP contribution in [-0.4, -0.2) is 9.97 Å². The van der Waals surface area contributed by atoms with Gasteiger partial charge >= 0.3 is 0 Å². The number of rotatable bonds is 0. The summed E-state index contributed by atoms with van der Waals surface area (Å²) in [6, 6.07) is 1.96. The van der Waals surface area contributed by atoms with E-state index in [1.807, 2.05) is 6.07 Å². The molecule has 56 valence electrons. The molecule has 0 aliphatic carbocycles. The van der Waals surface area contributed by atoms with Gasteiger partial charge in [-0.2, -0.15) is 0 Å². The van der Waals surface area contributed by atoms with Crippen molar-refractivity contribution in [3.8, 4) is 0 Å². The molecule has 5 heteroatoms. The summed E-state index contributed by atoms with van der Waals surface area (Å²) in [5.74, 6) is 0. The molecule has 0 saturated heterocycles. The number of pyridine rings is 1. The first-order valence-electron chi connectivity index (χ1n) is 2.83. The van der Waals surface area contributed by atoms with Crippen LogP contribution in [0.25, 0.3) is 10.3 Å². The Hall–Kier alpha value is 0.0600. The van der Waals surface area contributed by atoms with Crippen LogP contribution >= 0.6 is 45.5 Å². The normalized spacial score (nSPS) is 10.7. The van der Waals surface area contributed by atoms with Crippen molar-refractivity contribution in [3.63, 3.8) is 0 Å². The van der Waals surface area contributed by atoms with Crippen molar-refractivity contribution in [1.29, 1.82) is 0 Å². The highest BCUT2D eigenvalue weighted by Gasteiger charge is 2.01. The molecule has 2 nitrogen and oxygen atoms in total. The molecule has 2 aromatic rings. The molecule has 11 heavy (non-hydrogen) atoms. The molecule has 0 aliphatic rings. The maximum absolute atomic E-state index is 5.70. The van der Waals surface area contributed by atoms with Crippen molar-refractivity contribution in [1.82, 2.24) is 9.97 Å². The van der Waals surface area contributed by atoms with E-state index in [1.165, 1.54) is 11.3 Å². The molecular weight excluding hydrogens is 295 g/mol. The molecule has 0 radical (unpaired) electrons. The predicted octanol–water partition coefficient (Wildman–Crippen LogP) is 2.95. The smallest absolute Gasteiger partial charge is 0.186 e. The van der Waals surface area contributed by atoms with E-state index < -0.39 is 0 Å². The Morgan fingerprint density at radius 3 is 3.18 bits per heavy atom. The van der Waals surface area contributed by atoms with E-state index >= 15 is 0 Å². The molecule has 0 saturated carbocycles. The summed E-state index contributed by atoms with van der Waals surface area (Å²) < 4.78 is 1.63. The van der Waals surface area contributed by atoms with Crippen LogP contribution in [0.4, 0.5) is 0 Å². The first kappa shape index (κ1) is 7.70. The molecule has 0 unspecified atom stereocenters. The van der Waals surface area contributed by atoms with E-state index in [-0.39, 0.29) is 0 Å². The van der Waals surface area contributed by atoms with Gasteiger partial charge in [0, 0.05) is 9.77 Å². The molecule has 0 N–H and O–H groups in total. The van der Waals surface area contributed by atoms with Crippen LogP contribution in [-0.2, 0) is 0 Å². The van der Waals surface area contributed by atoms with Gasteiger partial charge in [-0.1, -0.05) is 22.9 Å². The van der Waals surface area contributed by atoms with Gasteiger partial charge in [-0.15, -0.1) is 0 Å². The molecule has 0 aliphatic heterocycles. The van der Waals surface area contributed by atoms with E-state index in [4.69, 9.17) is 11.6 Å². The first-order chi connectivity index (χ1) is 5.25. The van der Waals surface area contributed by atoms with Crippen LogP contribution in [0.15, 0.2) is 12.3 Å². The van der Waals surface area contributed by atoms with Gasteiger partial charge in [-0.3, -0.25) is 0 Å². The Morgan fingerprint density at radius 2 is 2.36 bits per heavy atom. The largest absolute Gasteiger partial charge is 0.242 e. The lowest BCUT2D eigenvalue weighted by atomic mass is 10.5. The molecule has 0 spiro atoms. The Bertz CT molecular complexity index is 400. The fourth-order valence-corrected chi connectivity index (χ4v) is 2.13. The lowest BCUT2D eigenvalue weighted by Gasteiger charge is -1.86. The number of hydrogen-bond donors (Lipinski definition) is 0. The van der Waals surface area contributed by atoms with Gasteiger partial charge in [0.05, 0.1) is 0 Å². The Kier molecular flexibility index (Phi) is 1.98. The molecule has 0 amide bonds. The van der Waals surface area contributed by atoms with Crippen LogP contribution in [0.5, 0.6) is 0 Å². The maximum atomic E-state index is 5.70. The molecule has 2 heterocycles. The molecule has 2 aromatic heterocycles. The van der Waals surface area contributed by atoms with Crippen molar-refractivity contribution >= 4 is 55.9 Å². The zero-order valence-corrected chi connectivity index (χ0v) is 8.94. The predicted molar refractivity (Wildman–Crippen MR) is 55.1 cm³/mol. The third-order valence-corrected chi connectivity index (χ3v) is 2.86. The fraction of sp³-hybridized carbons (Fsp3) is 0. The molecule has 0 aromatic carbocycles. The van der Waals surface area contributed by atoms with Gasteiger partial charge in [0.2, 0.25) is 0 Å². The summed E-state index contributed by atoms with van der Waals surface area (Å²) >= 11 is 9.30. The van der Waals surface area contributed by atoms with E-state index in [0.29, 0.717) is 4.47 Å². The standard InChI is InChI=1S/C6H2ClIN2S/c7-6-10-4-1-3(8)2-9-5(4)11-6/h1-2H. The van der Waals surface area contributed by atoms with Crippen LogP contribution in [0.2, 0.25) is 4.47 Å². The zero-order valence-electron chi connectivity index (χ0n) is 5.21. The van der Waals surface area contributed by atoms with E-state index in [0.717, 1.165) is 13.9 Å². The summed E-state index contributed by atoms with van der Waals surface area (Å²) in [6.45, 7) is 0. The number of nitrogens with zero attached hydrogens (tertiary/aromatic N) is 2. The maximum Gasteiger partial charge on any atom is 0.186 e. The minimum atomic E-state index is 0.550. The third kappa shape index (κ3) is 1.47. The summed E-state index contributed by atoms with van der Waals surface area (Å²) in [5.41, 5.74) is 0.881. The van der Waals surface area contributed by atoms with Crippen molar-refractivity contribution < 1.29 is 0 Å². The SMILES string of the molecule is Clc1nc2cc(I)cnc2s1. The Balaban J connectivity index is 2.82. The van der Waals surface area contributed by atoms with Gasteiger partial charge in [-0.05, 0) is 28.7 Å². The average Bonchev–Trinajstić information content (AvgIpc) is 2.27. The van der Waals surface area contributed by atoms with Gasteiger partial charge in [0.1, 0.15) is 10.3 Å². The van der Waals surface area contributed by atoms with Gasteiger partial charge < -0.3 is 0 Å². The zero-order chi connectivity index (χ0) is 7.84. The average molecular weight is 297 g/mol. The van der Waals surface area contributed by atoms with Crippen LogP contribution in [0, 0.1) is 3.57 Å².